The van der Waals surface area contributed by atoms with Gasteiger partial charge >= 0.3 is 12.1 Å². The molecule has 0 atom stereocenters. The standard InChI is InChI=1S/C40H54N6O7/c1-9-50-33-23-27(25-46-20-18-45(8)19-21-46)22-29(35(33)51-26-34(47)52-39(2,3)4)24-42-32-13-11-10-12-31(32)37(48)43-30-16-14-28(15-17-30)36(41)44-38(49)53-40(5,6)7/h10-17,22-23,42H,9,18-21,24-26H2,1-8H3,(H,43,48)(H2,41,44,49). The fraction of sp³-hybridized carbons (Fsp3) is 0.450. The van der Waals surface area contributed by atoms with Crippen LogP contribution in [0.1, 0.15) is 75.5 Å². The average molecular weight is 731 g/mol. The molecule has 13 heteroatoms. The van der Waals surface area contributed by atoms with Crippen LogP contribution in [0.15, 0.2) is 60.7 Å². The highest BCUT2D eigenvalue weighted by Gasteiger charge is 2.22. The Morgan fingerprint density at radius 1 is 0.849 bits per heavy atom. The molecule has 4 rings (SSSR count). The number of anilines is 2. The number of esters is 1. The molecular weight excluding hydrogens is 676 g/mol. The molecule has 53 heavy (non-hydrogen) atoms. The molecule has 0 radical (unpaired) electrons. The van der Waals surface area contributed by atoms with Gasteiger partial charge in [0.05, 0.1) is 12.2 Å². The zero-order chi connectivity index (χ0) is 38.8. The van der Waals surface area contributed by atoms with Crippen LogP contribution in [0.25, 0.3) is 0 Å². The number of hydrogen-bond acceptors (Lipinski definition) is 11. The molecule has 3 aromatic rings. The number of likely N-dealkylation sites (N-methyl/N-ethyl adjacent to an activating group) is 1. The van der Waals surface area contributed by atoms with E-state index in [0.29, 0.717) is 40.6 Å². The van der Waals surface area contributed by atoms with Gasteiger partial charge in [0.2, 0.25) is 0 Å². The number of carbonyl (C=O) groups excluding carboxylic acids is 3. The highest BCUT2D eigenvalue weighted by atomic mass is 16.6. The van der Waals surface area contributed by atoms with E-state index in [1.165, 1.54) is 0 Å². The van der Waals surface area contributed by atoms with Gasteiger partial charge in [-0.05, 0) is 110 Å². The number of benzene rings is 3. The molecule has 4 N–H and O–H groups in total. The van der Waals surface area contributed by atoms with Crippen molar-refractivity contribution < 1.29 is 33.3 Å². The lowest BCUT2D eigenvalue weighted by atomic mass is 10.1. The quantitative estimate of drug-likeness (QED) is 0.0899. The molecule has 0 aliphatic carbocycles. The zero-order valence-electron chi connectivity index (χ0n) is 32.2. The molecule has 0 unspecified atom stereocenters. The number of para-hydroxylation sites is 1. The van der Waals surface area contributed by atoms with Gasteiger partial charge < -0.3 is 34.5 Å². The lowest BCUT2D eigenvalue weighted by molar-refractivity contribution is -0.157. The minimum Gasteiger partial charge on any atom is -0.490 e. The second-order valence-electron chi connectivity index (χ2n) is 14.9. The van der Waals surface area contributed by atoms with E-state index >= 15 is 0 Å². The molecule has 0 bridgehead atoms. The number of rotatable bonds is 13. The first kappa shape index (κ1) is 40.6. The van der Waals surface area contributed by atoms with Crippen molar-refractivity contribution in [3.8, 4) is 11.5 Å². The molecule has 0 aromatic heterocycles. The van der Waals surface area contributed by atoms with Crippen molar-refractivity contribution in [2.45, 2.75) is 72.8 Å². The van der Waals surface area contributed by atoms with Gasteiger partial charge in [-0.3, -0.25) is 20.4 Å². The summed E-state index contributed by atoms with van der Waals surface area (Å²) >= 11 is 0. The first-order valence-electron chi connectivity index (χ1n) is 17.9. The number of alkyl carbamates (subject to hydrolysis) is 1. The zero-order valence-corrected chi connectivity index (χ0v) is 32.2. The van der Waals surface area contributed by atoms with E-state index in [4.69, 9.17) is 24.4 Å². The van der Waals surface area contributed by atoms with Crippen molar-refractivity contribution in [1.82, 2.24) is 15.1 Å². The summed E-state index contributed by atoms with van der Waals surface area (Å²) in [5.74, 6) is 0.000210. The summed E-state index contributed by atoms with van der Waals surface area (Å²) in [7, 11) is 2.13. The minimum atomic E-state index is -0.721. The predicted octanol–water partition coefficient (Wildman–Crippen LogP) is 6.27. The maximum absolute atomic E-state index is 13.6. The summed E-state index contributed by atoms with van der Waals surface area (Å²) in [6.07, 6.45) is -0.721. The number of nitrogens with zero attached hydrogens (tertiary/aromatic N) is 2. The van der Waals surface area contributed by atoms with Crippen LogP contribution in [-0.2, 0) is 27.4 Å². The van der Waals surface area contributed by atoms with Crippen molar-refractivity contribution in [3.63, 3.8) is 0 Å². The van der Waals surface area contributed by atoms with Crippen LogP contribution in [0.2, 0.25) is 0 Å². The summed E-state index contributed by atoms with van der Waals surface area (Å²) in [5.41, 5.74) is 2.41. The lowest BCUT2D eigenvalue weighted by Gasteiger charge is -2.32. The summed E-state index contributed by atoms with van der Waals surface area (Å²) in [4.78, 5) is 43.0. The van der Waals surface area contributed by atoms with Crippen LogP contribution in [0, 0.1) is 5.41 Å². The van der Waals surface area contributed by atoms with Gasteiger partial charge in [-0.15, -0.1) is 0 Å². The largest absolute Gasteiger partial charge is 0.490 e. The van der Waals surface area contributed by atoms with E-state index in [1.807, 2.05) is 25.1 Å². The molecule has 1 fully saturated rings. The number of amides is 2. The van der Waals surface area contributed by atoms with Gasteiger partial charge in [-0.1, -0.05) is 12.1 Å². The van der Waals surface area contributed by atoms with E-state index < -0.39 is 23.3 Å². The van der Waals surface area contributed by atoms with E-state index in [-0.39, 0.29) is 24.9 Å². The fourth-order valence-corrected chi connectivity index (χ4v) is 5.56. The second-order valence-corrected chi connectivity index (χ2v) is 14.9. The van der Waals surface area contributed by atoms with Crippen LogP contribution in [-0.4, -0.2) is 91.2 Å². The number of piperazine rings is 1. The van der Waals surface area contributed by atoms with Crippen molar-refractivity contribution >= 4 is 35.2 Å². The summed E-state index contributed by atoms with van der Waals surface area (Å²) in [6, 6.07) is 17.8. The van der Waals surface area contributed by atoms with Gasteiger partial charge in [-0.25, -0.2) is 9.59 Å². The second kappa shape index (κ2) is 18.1. The Bertz CT molecular complexity index is 1740. The van der Waals surface area contributed by atoms with Crippen LogP contribution < -0.4 is 25.4 Å². The van der Waals surface area contributed by atoms with Crippen LogP contribution >= 0.6 is 0 Å². The van der Waals surface area contributed by atoms with E-state index in [1.54, 1.807) is 77.9 Å². The molecular formula is C40H54N6O7. The maximum atomic E-state index is 13.6. The van der Waals surface area contributed by atoms with Gasteiger partial charge in [0.1, 0.15) is 17.0 Å². The van der Waals surface area contributed by atoms with Gasteiger partial charge in [0.25, 0.3) is 5.91 Å². The van der Waals surface area contributed by atoms with Crippen LogP contribution in [0.5, 0.6) is 11.5 Å². The third-order valence-corrected chi connectivity index (χ3v) is 7.95. The van der Waals surface area contributed by atoms with E-state index in [0.717, 1.165) is 43.9 Å². The van der Waals surface area contributed by atoms with Crippen molar-refractivity contribution in [3.05, 3.63) is 82.9 Å². The summed E-state index contributed by atoms with van der Waals surface area (Å²) < 4.78 is 22.9. The maximum Gasteiger partial charge on any atom is 0.413 e. The number of carbonyl (C=O) groups is 3. The fourth-order valence-electron chi connectivity index (χ4n) is 5.56. The SMILES string of the molecule is CCOc1cc(CN2CCN(C)CC2)cc(CNc2ccccc2C(=O)Nc2ccc(C(=N)NC(=O)OC(C)(C)C)cc2)c1OCC(=O)OC(C)(C)C. The smallest absolute Gasteiger partial charge is 0.413 e. The normalized spacial score (nSPS) is 13.8. The van der Waals surface area contributed by atoms with Crippen molar-refractivity contribution in [1.29, 1.82) is 5.41 Å². The van der Waals surface area contributed by atoms with Crippen LogP contribution in [0.3, 0.4) is 0 Å². The van der Waals surface area contributed by atoms with E-state index in [2.05, 4.69) is 38.9 Å². The molecule has 1 aliphatic heterocycles. The van der Waals surface area contributed by atoms with Gasteiger partial charge in [-0.2, -0.15) is 0 Å². The Hall–Kier alpha value is -5.14. The van der Waals surface area contributed by atoms with Crippen molar-refractivity contribution in [2.75, 3.05) is 57.1 Å². The summed E-state index contributed by atoms with van der Waals surface area (Å²) in [6.45, 7) is 17.5. The molecule has 3 aromatic carbocycles. The molecule has 1 aliphatic rings. The molecule has 0 saturated carbocycles. The number of amidine groups is 1. The van der Waals surface area contributed by atoms with E-state index in [9.17, 15) is 14.4 Å². The molecule has 1 saturated heterocycles. The monoisotopic (exact) mass is 730 g/mol. The lowest BCUT2D eigenvalue weighted by Crippen LogP contribution is -2.43. The van der Waals surface area contributed by atoms with Crippen molar-refractivity contribution in [2.24, 2.45) is 0 Å². The number of hydrogen-bond donors (Lipinski definition) is 4. The minimum absolute atomic E-state index is 0.124. The Morgan fingerprint density at radius 3 is 2.15 bits per heavy atom. The molecule has 1 heterocycles. The highest BCUT2D eigenvalue weighted by Crippen LogP contribution is 2.35. The molecule has 2 amide bonds. The molecule has 13 nitrogen and oxygen atoms in total. The third kappa shape index (κ3) is 13.1. The predicted molar refractivity (Wildman–Crippen MR) is 206 cm³/mol. The van der Waals surface area contributed by atoms with Crippen LogP contribution in [0.4, 0.5) is 16.2 Å². The number of ether oxygens (including phenoxy) is 4. The summed E-state index contributed by atoms with van der Waals surface area (Å²) in [5, 5.41) is 17.0. The van der Waals surface area contributed by atoms with Gasteiger partial charge in [0, 0.05) is 61.8 Å². The third-order valence-electron chi connectivity index (χ3n) is 7.95. The average Bonchev–Trinajstić information content (AvgIpc) is 3.06. The Labute approximate surface area is 312 Å². The highest BCUT2D eigenvalue weighted by molar-refractivity contribution is 6.08. The topological polar surface area (TPSA) is 155 Å². The Kier molecular flexibility index (Phi) is 13.8. The molecule has 286 valence electrons. The molecule has 0 spiro atoms. The Balaban J connectivity index is 1.52. The number of nitrogens with one attached hydrogen (secondary N) is 4. The van der Waals surface area contributed by atoms with Gasteiger partial charge in [0.15, 0.2) is 18.1 Å². The first-order valence-corrected chi connectivity index (χ1v) is 17.9. The Morgan fingerprint density at radius 2 is 1.51 bits per heavy atom. The first-order chi connectivity index (χ1) is 25.0.